The van der Waals surface area contributed by atoms with E-state index in [4.69, 9.17) is 4.98 Å². The van der Waals surface area contributed by atoms with Gasteiger partial charge in [-0.1, -0.05) is 0 Å². The smallest absolute Gasteiger partial charge is 0.227 e. The van der Waals surface area contributed by atoms with Crippen LogP contribution in [0.5, 0.6) is 0 Å². The summed E-state index contributed by atoms with van der Waals surface area (Å²) in [4.78, 5) is 20.1. The highest BCUT2D eigenvalue weighted by Crippen LogP contribution is 2.25. The van der Waals surface area contributed by atoms with Crippen molar-refractivity contribution in [2.75, 3.05) is 55.0 Å². The molecule has 2 aromatic rings. The predicted octanol–water partition coefficient (Wildman–Crippen LogP) is 1.75. The maximum atomic E-state index is 9.28. The number of hydrogen-bond acceptors (Lipinski definition) is 7. The Morgan fingerprint density at radius 2 is 1.68 bits per heavy atom. The Hall–Kier alpha value is -2.88. The number of aromatic nitrogens is 3. The van der Waals surface area contributed by atoms with E-state index in [1.807, 2.05) is 32.0 Å². The summed E-state index contributed by atoms with van der Waals surface area (Å²) in [6.07, 6.45) is 1.74. The Balaban J connectivity index is 1.80. The van der Waals surface area contributed by atoms with Gasteiger partial charge in [-0.15, -0.1) is 0 Å². The molecule has 7 nitrogen and oxygen atoms in total. The van der Waals surface area contributed by atoms with E-state index in [-0.39, 0.29) is 0 Å². The van der Waals surface area contributed by atoms with E-state index in [2.05, 4.69) is 32.8 Å². The quantitative estimate of drug-likeness (QED) is 0.845. The average Bonchev–Trinajstić information content (AvgIpc) is 2.64. The van der Waals surface area contributed by atoms with Crippen LogP contribution >= 0.6 is 0 Å². The predicted molar refractivity (Wildman–Crippen MR) is 99.2 cm³/mol. The first-order valence-electron chi connectivity index (χ1n) is 8.39. The molecule has 130 valence electrons. The number of rotatable bonds is 3. The molecule has 0 aliphatic carbocycles. The van der Waals surface area contributed by atoms with Gasteiger partial charge in [0, 0.05) is 57.7 Å². The number of pyridine rings is 1. The second-order valence-corrected chi connectivity index (χ2v) is 6.41. The molecule has 2 aromatic heterocycles. The molecule has 1 fully saturated rings. The molecule has 0 spiro atoms. The van der Waals surface area contributed by atoms with Crippen molar-refractivity contribution in [3.05, 3.63) is 35.2 Å². The molecule has 3 rings (SSSR count). The van der Waals surface area contributed by atoms with Crippen LogP contribution in [0.1, 0.15) is 16.8 Å². The third kappa shape index (κ3) is 3.33. The number of aryl methyl sites for hydroxylation is 1. The minimum absolute atomic E-state index is 0.625. The largest absolute Gasteiger partial charge is 0.353 e. The fraction of sp³-hybridized carbons (Fsp3) is 0.444. The van der Waals surface area contributed by atoms with E-state index < -0.39 is 0 Å². The van der Waals surface area contributed by atoms with E-state index >= 15 is 0 Å². The van der Waals surface area contributed by atoms with Crippen molar-refractivity contribution in [1.29, 1.82) is 5.26 Å². The molecule has 25 heavy (non-hydrogen) atoms. The second-order valence-electron chi connectivity index (χ2n) is 6.41. The highest BCUT2D eigenvalue weighted by molar-refractivity contribution is 5.57. The van der Waals surface area contributed by atoms with E-state index in [9.17, 15) is 5.26 Å². The summed E-state index contributed by atoms with van der Waals surface area (Å²) in [6, 6.07) is 5.84. The standard InChI is InChI=1S/C18H23N7/c1-13-14(2)21-18(23(3)4)22-16(13)24-8-10-25(11-9-24)17-15(12-19)6-5-7-20-17/h5-7H,8-11H2,1-4H3. The molecule has 0 aromatic carbocycles. The van der Waals surface area contributed by atoms with Crippen LogP contribution in [-0.2, 0) is 0 Å². The van der Waals surface area contributed by atoms with Crippen molar-refractivity contribution in [3.63, 3.8) is 0 Å². The van der Waals surface area contributed by atoms with Crippen molar-refractivity contribution in [2.24, 2.45) is 0 Å². The molecule has 7 heteroatoms. The zero-order valence-corrected chi connectivity index (χ0v) is 15.2. The summed E-state index contributed by atoms with van der Waals surface area (Å²) in [5.41, 5.74) is 2.75. The topological polar surface area (TPSA) is 72.2 Å². The maximum Gasteiger partial charge on any atom is 0.227 e. The third-order valence-corrected chi connectivity index (χ3v) is 4.54. The number of nitriles is 1. The van der Waals surface area contributed by atoms with Gasteiger partial charge in [0.1, 0.15) is 17.7 Å². The first kappa shape index (κ1) is 17.0. The van der Waals surface area contributed by atoms with Crippen LogP contribution in [0.25, 0.3) is 0 Å². The molecule has 0 atom stereocenters. The van der Waals surface area contributed by atoms with E-state index in [0.29, 0.717) is 5.56 Å². The molecule has 0 bridgehead atoms. The van der Waals surface area contributed by atoms with Gasteiger partial charge >= 0.3 is 0 Å². The van der Waals surface area contributed by atoms with Gasteiger partial charge in [0.15, 0.2) is 0 Å². The lowest BCUT2D eigenvalue weighted by Gasteiger charge is -2.37. The van der Waals surface area contributed by atoms with Crippen molar-refractivity contribution >= 4 is 17.6 Å². The molecule has 0 unspecified atom stereocenters. The van der Waals surface area contributed by atoms with Crippen LogP contribution in [0.2, 0.25) is 0 Å². The fourth-order valence-electron chi connectivity index (χ4n) is 2.97. The van der Waals surface area contributed by atoms with Crippen molar-refractivity contribution < 1.29 is 0 Å². The molecule has 1 aliphatic heterocycles. The van der Waals surface area contributed by atoms with Crippen LogP contribution in [0, 0.1) is 25.2 Å². The zero-order chi connectivity index (χ0) is 18.0. The minimum Gasteiger partial charge on any atom is -0.353 e. The summed E-state index contributed by atoms with van der Waals surface area (Å²) in [5.74, 6) is 2.50. The summed E-state index contributed by atoms with van der Waals surface area (Å²) in [7, 11) is 3.91. The molecule has 1 aliphatic rings. The normalized spacial score (nSPS) is 14.4. The van der Waals surface area contributed by atoms with Gasteiger partial charge in [-0.3, -0.25) is 0 Å². The van der Waals surface area contributed by atoms with Gasteiger partial charge in [-0.05, 0) is 26.0 Å². The molecular weight excluding hydrogens is 314 g/mol. The fourth-order valence-corrected chi connectivity index (χ4v) is 2.97. The van der Waals surface area contributed by atoms with Crippen LogP contribution in [0.3, 0.4) is 0 Å². The third-order valence-electron chi connectivity index (χ3n) is 4.54. The summed E-state index contributed by atoms with van der Waals surface area (Å²) in [6.45, 7) is 7.40. The van der Waals surface area contributed by atoms with Crippen molar-refractivity contribution in [3.8, 4) is 6.07 Å². The molecule has 0 saturated carbocycles. The number of piperazine rings is 1. The van der Waals surface area contributed by atoms with E-state index in [1.54, 1.807) is 12.3 Å². The van der Waals surface area contributed by atoms with Crippen LogP contribution in [-0.4, -0.2) is 55.2 Å². The SMILES string of the molecule is Cc1nc(N(C)C)nc(N2CCN(c3ncccc3C#N)CC2)c1C. The zero-order valence-electron chi connectivity index (χ0n) is 15.2. The van der Waals surface area contributed by atoms with Crippen molar-refractivity contribution in [2.45, 2.75) is 13.8 Å². The Labute approximate surface area is 148 Å². The van der Waals surface area contributed by atoms with Gasteiger partial charge in [0.2, 0.25) is 5.95 Å². The number of nitrogens with zero attached hydrogens (tertiary/aromatic N) is 7. The Morgan fingerprint density at radius 3 is 2.28 bits per heavy atom. The Kier molecular flexibility index (Phi) is 4.70. The highest BCUT2D eigenvalue weighted by Gasteiger charge is 2.23. The average molecular weight is 337 g/mol. The highest BCUT2D eigenvalue weighted by atomic mass is 15.3. The number of hydrogen-bond donors (Lipinski definition) is 0. The summed E-state index contributed by atoms with van der Waals surface area (Å²) >= 11 is 0. The molecule has 0 amide bonds. The lowest BCUT2D eigenvalue weighted by atomic mass is 10.2. The molecular formula is C18H23N7. The first-order valence-corrected chi connectivity index (χ1v) is 8.39. The second kappa shape index (κ2) is 6.93. The van der Waals surface area contributed by atoms with Crippen LogP contribution < -0.4 is 14.7 Å². The van der Waals surface area contributed by atoms with E-state index in [0.717, 1.165) is 55.0 Å². The first-order chi connectivity index (χ1) is 12.0. The van der Waals surface area contributed by atoms with Crippen LogP contribution in [0.4, 0.5) is 17.6 Å². The van der Waals surface area contributed by atoms with Gasteiger partial charge in [0.25, 0.3) is 0 Å². The number of anilines is 3. The molecule has 0 radical (unpaired) electrons. The lowest BCUT2D eigenvalue weighted by Crippen LogP contribution is -2.47. The van der Waals surface area contributed by atoms with Crippen LogP contribution in [0.15, 0.2) is 18.3 Å². The Bertz CT molecular complexity index is 802. The summed E-state index contributed by atoms with van der Waals surface area (Å²) < 4.78 is 0. The van der Waals surface area contributed by atoms with Gasteiger partial charge < -0.3 is 14.7 Å². The van der Waals surface area contributed by atoms with Crippen molar-refractivity contribution in [1.82, 2.24) is 15.0 Å². The Morgan fingerprint density at radius 1 is 1.04 bits per heavy atom. The summed E-state index contributed by atoms with van der Waals surface area (Å²) in [5, 5.41) is 9.28. The van der Waals surface area contributed by atoms with E-state index in [1.165, 1.54) is 0 Å². The van der Waals surface area contributed by atoms with Gasteiger partial charge in [-0.25, -0.2) is 9.97 Å². The lowest BCUT2D eigenvalue weighted by molar-refractivity contribution is 0.638. The molecule has 3 heterocycles. The molecule has 0 N–H and O–H groups in total. The maximum absolute atomic E-state index is 9.28. The monoisotopic (exact) mass is 337 g/mol. The van der Waals surface area contributed by atoms with Gasteiger partial charge in [0.05, 0.1) is 5.56 Å². The molecule has 1 saturated heterocycles. The minimum atomic E-state index is 0.625. The van der Waals surface area contributed by atoms with Gasteiger partial charge in [-0.2, -0.15) is 10.2 Å².